The van der Waals surface area contributed by atoms with Gasteiger partial charge >= 0.3 is 5.97 Å². The van der Waals surface area contributed by atoms with Crippen molar-refractivity contribution in [2.24, 2.45) is 0 Å². The van der Waals surface area contributed by atoms with E-state index in [1.165, 1.54) is 6.07 Å². The first kappa shape index (κ1) is 18.5. The van der Waals surface area contributed by atoms with Gasteiger partial charge in [-0.15, -0.1) is 0 Å². The molecule has 2 atom stereocenters. The predicted octanol–water partition coefficient (Wildman–Crippen LogP) is 1.75. The Kier molecular flexibility index (Phi) is 5.55. The second-order valence-corrected chi connectivity index (χ2v) is 9.01. The molecule has 2 heterocycles. The zero-order chi connectivity index (χ0) is 18.0. The number of benzene rings is 1. The summed E-state index contributed by atoms with van der Waals surface area (Å²) in [5, 5.41) is 0. The lowest BCUT2D eigenvalue weighted by atomic mass is 9.95. The molecule has 0 aliphatic carbocycles. The molecule has 2 saturated heterocycles. The summed E-state index contributed by atoms with van der Waals surface area (Å²) in [4.78, 5) is 14.0. The van der Waals surface area contributed by atoms with Crippen LogP contribution in [0.5, 0.6) is 0 Å². The number of cyclic esters (lactones) is 1. The van der Waals surface area contributed by atoms with Gasteiger partial charge in [0.05, 0.1) is 17.9 Å². The monoisotopic (exact) mass is 389 g/mol. The minimum atomic E-state index is -3.59. The molecule has 2 aliphatic heterocycles. The summed E-state index contributed by atoms with van der Waals surface area (Å²) >= 11 is 1.85. The van der Waals surface area contributed by atoms with Gasteiger partial charge in [0.25, 0.3) is 10.1 Å². The van der Waals surface area contributed by atoms with E-state index in [9.17, 15) is 17.6 Å². The molecule has 0 aromatic heterocycles. The molecule has 9 heteroatoms. The molecule has 138 valence electrons. The Morgan fingerprint density at radius 3 is 2.72 bits per heavy atom. The molecule has 0 radical (unpaired) electrons. The Morgan fingerprint density at radius 1 is 1.36 bits per heavy atom. The molecular formula is C16H20FNO5S2. The van der Waals surface area contributed by atoms with Crippen LogP contribution < -0.4 is 4.90 Å². The van der Waals surface area contributed by atoms with Gasteiger partial charge in [-0.05, 0) is 17.7 Å². The molecule has 2 aliphatic rings. The number of thioether (sulfide) groups is 1. The summed E-state index contributed by atoms with van der Waals surface area (Å²) in [6, 6.07) is 4.82. The number of esters is 1. The lowest BCUT2D eigenvalue weighted by Gasteiger charge is -2.29. The number of hydrogen-bond donors (Lipinski definition) is 0. The van der Waals surface area contributed by atoms with Crippen molar-refractivity contribution in [2.75, 3.05) is 42.4 Å². The van der Waals surface area contributed by atoms with E-state index in [2.05, 4.69) is 4.18 Å². The topological polar surface area (TPSA) is 72.9 Å². The fourth-order valence-electron chi connectivity index (χ4n) is 3.03. The van der Waals surface area contributed by atoms with Gasteiger partial charge in [0.15, 0.2) is 0 Å². The van der Waals surface area contributed by atoms with E-state index >= 15 is 0 Å². The third kappa shape index (κ3) is 4.65. The fourth-order valence-corrected chi connectivity index (χ4v) is 4.33. The lowest BCUT2D eigenvalue weighted by Crippen LogP contribution is -2.33. The number of halogens is 1. The molecule has 25 heavy (non-hydrogen) atoms. The Balaban J connectivity index is 1.69. The molecule has 6 nitrogen and oxygen atoms in total. The van der Waals surface area contributed by atoms with Crippen molar-refractivity contribution in [3.63, 3.8) is 0 Å². The highest BCUT2D eigenvalue weighted by atomic mass is 32.2. The highest BCUT2D eigenvalue weighted by molar-refractivity contribution is 7.99. The van der Waals surface area contributed by atoms with Crippen molar-refractivity contribution < 1.29 is 26.5 Å². The molecule has 0 amide bonds. The van der Waals surface area contributed by atoms with Gasteiger partial charge in [-0.1, -0.05) is 6.07 Å². The minimum absolute atomic E-state index is 0.215. The molecule has 1 aromatic carbocycles. The summed E-state index contributed by atoms with van der Waals surface area (Å²) in [7, 11) is -3.59. The number of rotatable bonds is 5. The summed E-state index contributed by atoms with van der Waals surface area (Å²) < 4.78 is 46.4. The first-order valence-corrected chi connectivity index (χ1v) is 11.0. The quantitative estimate of drug-likeness (QED) is 0.561. The van der Waals surface area contributed by atoms with Gasteiger partial charge in [-0.25, -0.2) is 4.39 Å². The summed E-state index contributed by atoms with van der Waals surface area (Å²) in [6.07, 6.45) is 0.566. The van der Waals surface area contributed by atoms with Crippen LogP contribution in [0.4, 0.5) is 10.1 Å². The average molecular weight is 389 g/mol. The first-order chi connectivity index (χ1) is 11.8. The van der Waals surface area contributed by atoms with Gasteiger partial charge in [0.1, 0.15) is 18.5 Å². The summed E-state index contributed by atoms with van der Waals surface area (Å²) in [5.74, 6) is 0.501. The number of carbonyl (C=O) groups excluding carboxylic acids is 1. The summed E-state index contributed by atoms with van der Waals surface area (Å²) in [6.45, 7) is 1.39. The maximum absolute atomic E-state index is 14.5. The lowest BCUT2D eigenvalue weighted by molar-refractivity contribution is -0.143. The predicted molar refractivity (Wildman–Crippen MR) is 94.0 cm³/mol. The van der Waals surface area contributed by atoms with E-state index in [-0.39, 0.29) is 18.8 Å². The zero-order valence-electron chi connectivity index (χ0n) is 13.8. The van der Waals surface area contributed by atoms with Crippen LogP contribution in [-0.4, -0.2) is 57.9 Å². The third-order valence-corrected chi connectivity index (χ3v) is 5.77. The SMILES string of the molecule is CS(=O)(=O)OCC1C[C@H](c2ccc(N3CCSCC3)c(F)c2)C(=O)O1. The average Bonchev–Trinajstić information content (AvgIpc) is 2.94. The highest BCUT2D eigenvalue weighted by Gasteiger charge is 2.36. The molecule has 0 spiro atoms. The van der Waals surface area contributed by atoms with E-state index in [0.29, 0.717) is 11.3 Å². The van der Waals surface area contributed by atoms with Gasteiger partial charge in [-0.3, -0.25) is 8.98 Å². The van der Waals surface area contributed by atoms with Gasteiger partial charge in [0.2, 0.25) is 0 Å². The molecular weight excluding hydrogens is 369 g/mol. The Labute approximate surface area is 150 Å². The largest absolute Gasteiger partial charge is 0.459 e. The second kappa shape index (κ2) is 7.51. The van der Waals surface area contributed by atoms with E-state index in [1.807, 2.05) is 16.7 Å². The highest BCUT2D eigenvalue weighted by Crippen LogP contribution is 2.33. The third-order valence-electron chi connectivity index (χ3n) is 4.26. The Morgan fingerprint density at radius 2 is 2.08 bits per heavy atom. The van der Waals surface area contributed by atoms with Crippen LogP contribution in [-0.2, 0) is 23.8 Å². The second-order valence-electron chi connectivity index (χ2n) is 6.15. The van der Waals surface area contributed by atoms with Crippen LogP contribution in [0.1, 0.15) is 17.9 Å². The molecule has 0 N–H and O–H groups in total. The molecule has 0 saturated carbocycles. The fraction of sp³-hybridized carbons (Fsp3) is 0.562. The molecule has 1 unspecified atom stereocenters. The number of nitrogens with zero attached hydrogens (tertiary/aromatic N) is 1. The normalized spacial score (nSPS) is 24.4. The Bertz CT molecular complexity index is 749. The molecule has 0 bridgehead atoms. The number of carbonyl (C=O) groups is 1. The van der Waals surface area contributed by atoms with Crippen molar-refractivity contribution in [2.45, 2.75) is 18.4 Å². The molecule has 1 aromatic rings. The van der Waals surface area contributed by atoms with E-state index in [0.717, 1.165) is 30.9 Å². The zero-order valence-corrected chi connectivity index (χ0v) is 15.4. The van der Waals surface area contributed by atoms with Crippen molar-refractivity contribution in [3.8, 4) is 0 Å². The summed E-state index contributed by atoms with van der Waals surface area (Å²) in [5.41, 5.74) is 1.09. The standard InChI is InChI=1S/C16H20FNO5S2/c1-25(20,21)22-10-12-9-13(16(19)23-12)11-2-3-15(14(17)8-11)18-4-6-24-7-5-18/h2-3,8,12-13H,4-7,9-10H2,1H3/t12?,13-/m1/s1. The van der Waals surface area contributed by atoms with E-state index in [1.54, 1.807) is 12.1 Å². The van der Waals surface area contributed by atoms with Crippen molar-refractivity contribution in [1.82, 2.24) is 0 Å². The van der Waals surface area contributed by atoms with Gasteiger partial charge in [0, 0.05) is 31.0 Å². The van der Waals surface area contributed by atoms with Crippen LogP contribution >= 0.6 is 11.8 Å². The van der Waals surface area contributed by atoms with Crippen LogP contribution in [0.2, 0.25) is 0 Å². The molecule has 3 rings (SSSR count). The van der Waals surface area contributed by atoms with Gasteiger partial charge < -0.3 is 9.64 Å². The van der Waals surface area contributed by atoms with Crippen molar-refractivity contribution in [1.29, 1.82) is 0 Å². The number of anilines is 1. The van der Waals surface area contributed by atoms with Crippen LogP contribution in [0, 0.1) is 5.82 Å². The number of ether oxygens (including phenoxy) is 1. The smallest absolute Gasteiger partial charge is 0.313 e. The maximum Gasteiger partial charge on any atom is 0.313 e. The minimum Gasteiger partial charge on any atom is -0.459 e. The van der Waals surface area contributed by atoms with Gasteiger partial charge in [-0.2, -0.15) is 20.2 Å². The van der Waals surface area contributed by atoms with E-state index < -0.39 is 28.1 Å². The number of hydrogen-bond acceptors (Lipinski definition) is 7. The van der Waals surface area contributed by atoms with Crippen molar-refractivity contribution >= 4 is 33.5 Å². The van der Waals surface area contributed by atoms with Crippen LogP contribution in [0.25, 0.3) is 0 Å². The van der Waals surface area contributed by atoms with Crippen molar-refractivity contribution in [3.05, 3.63) is 29.6 Å². The van der Waals surface area contributed by atoms with E-state index in [4.69, 9.17) is 4.74 Å². The maximum atomic E-state index is 14.5. The van der Waals surface area contributed by atoms with Crippen LogP contribution in [0.3, 0.4) is 0 Å². The first-order valence-electron chi connectivity index (χ1n) is 8.00. The Hall–Kier alpha value is -1.32. The molecule has 2 fully saturated rings. The van der Waals surface area contributed by atoms with Crippen LogP contribution in [0.15, 0.2) is 18.2 Å².